The monoisotopic (exact) mass is 738 g/mol. The van der Waals surface area contributed by atoms with Crippen molar-refractivity contribution in [1.82, 2.24) is 4.57 Å². The number of anilines is 3. The van der Waals surface area contributed by atoms with Crippen LogP contribution in [0.5, 0.6) is 0 Å². The maximum atomic E-state index is 6.61. The van der Waals surface area contributed by atoms with Crippen molar-refractivity contribution in [2.24, 2.45) is 0 Å². The van der Waals surface area contributed by atoms with E-state index in [-0.39, 0.29) is 0 Å². The van der Waals surface area contributed by atoms with Crippen molar-refractivity contribution in [3.63, 3.8) is 0 Å². The average molecular weight is 739 g/mol. The van der Waals surface area contributed by atoms with Crippen LogP contribution >= 0.6 is 0 Å². The van der Waals surface area contributed by atoms with Gasteiger partial charge in [-0.1, -0.05) is 146 Å². The Hall–Kier alpha value is -7.62. The number of para-hydroxylation sites is 3. The second kappa shape index (κ2) is 11.7. The molecule has 2 heterocycles. The van der Waals surface area contributed by atoms with Gasteiger partial charge in [-0.15, -0.1) is 0 Å². The van der Waals surface area contributed by atoms with Gasteiger partial charge in [-0.25, -0.2) is 0 Å². The van der Waals surface area contributed by atoms with Crippen molar-refractivity contribution in [2.75, 3.05) is 4.90 Å². The molecule has 270 valence electrons. The number of rotatable bonds is 4. The number of hydrogen-bond acceptors (Lipinski definition) is 2. The summed E-state index contributed by atoms with van der Waals surface area (Å²) in [6.45, 7) is 0. The third-order valence-corrected chi connectivity index (χ3v) is 12.8. The van der Waals surface area contributed by atoms with Gasteiger partial charge in [0.25, 0.3) is 0 Å². The van der Waals surface area contributed by atoms with Gasteiger partial charge >= 0.3 is 0 Å². The van der Waals surface area contributed by atoms with E-state index in [0.717, 1.165) is 50.2 Å². The van der Waals surface area contributed by atoms with E-state index in [4.69, 9.17) is 4.42 Å². The Bertz CT molecular complexity index is 3430. The van der Waals surface area contributed by atoms with E-state index in [2.05, 4.69) is 210 Å². The van der Waals surface area contributed by atoms with Crippen molar-refractivity contribution in [2.45, 2.75) is 5.41 Å². The normalized spacial score (nSPS) is 13.3. The number of aromatic nitrogens is 1. The van der Waals surface area contributed by atoms with Crippen LogP contribution in [0.4, 0.5) is 17.1 Å². The molecule has 0 radical (unpaired) electrons. The van der Waals surface area contributed by atoms with Crippen LogP contribution in [-0.2, 0) is 5.41 Å². The Kier molecular flexibility index (Phi) is 6.37. The molecule has 0 atom stereocenters. The van der Waals surface area contributed by atoms with E-state index in [1.165, 1.54) is 60.8 Å². The summed E-state index contributed by atoms with van der Waals surface area (Å²) in [6.07, 6.45) is 0. The third-order valence-electron chi connectivity index (χ3n) is 12.8. The molecule has 2 aliphatic rings. The number of nitrogens with zero attached hydrogens (tertiary/aromatic N) is 2. The summed E-state index contributed by atoms with van der Waals surface area (Å²) >= 11 is 0. The summed E-state index contributed by atoms with van der Waals surface area (Å²) in [7, 11) is 0. The molecule has 0 unspecified atom stereocenters. The summed E-state index contributed by atoms with van der Waals surface area (Å²) in [4.78, 5) is 2.50. The van der Waals surface area contributed by atoms with Crippen molar-refractivity contribution >= 4 is 60.8 Å². The summed E-state index contributed by atoms with van der Waals surface area (Å²) in [6, 6.07) is 75.5. The van der Waals surface area contributed by atoms with Gasteiger partial charge in [-0.05, 0) is 93.5 Å². The lowest BCUT2D eigenvalue weighted by Gasteiger charge is -2.32. The van der Waals surface area contributed by atoms with Crippen LogP contribution < -0.4 is 4.90 Å². The van der Waals surface area contributed by atoms with Crippen LogP contribution in [0.15, 0.2) is 211 Å². The van der Waals surface area contributed by atoms with Crippen molar-refractivity contribution in [1.29, 1.82) is 0 Å². The molecule has 3 heteroatoms. The van der Waals surface area contributed by atoms with E-state index in [9.17, 15) is 0 Å². The van der Waals surface area contributed by atoms with Gasteiger partial charge in [0, 0.05) is 44.5 Å². The van der Waals surface area contributed by atoms with Gasteiger partial charge in [0.15, 0.2) is 0 Å². The largest absolute Gasteiger partial charge is 0.456 e. The quantitative estimate of drug-likeness (QED) is 0.179. The lowest BCUT2D eigenvalue weighted by molar-refractivity contribution is 0.669. The standard InChI is InChI=1S/C55H34N2O/c1-2-16-35(17-3-1)56-47-27-12-7-22-42(47)54-49(56)29-15-30-50(54)57(36-32-33-40-39-20-8-13-31-51(39)58-52(40)34-36)48-28-14-26-46-53(48)41-21-6-11-25-45(41)55(46)43-23-9-4-18-37(43)38-19-5-10-24-44(38)55/h1-34H. The molecule has 0 saturated heterocycles. The maximum absolute atomic E-state index is 6.61. The van der Waals surface area contributed by atoms with Crippen molar-refractivity contribution < 1.29 is 4.42 Å². The zero-order valence-corrected chi connectivity index (χ0v) is 31.4. The minimum Gasteiger partial charge on any atom is -0.456 e. The van der Waals surface area contributed by atoms with E-state index in [1.54, 1.807) is 0 Å². The Morgan fingerprint density at radius 2 is 0.966 bits per heavy atom. The molecule has 0 fully saturated rings. The first kappa shape index (κ1) is 31.6. The average Bonchev–Trinajstić information content (AvgIpc) is 4.01. The fourth-order valence-electron chi connectivity index (χ4n) is 10.6. The SMILES string of the molecule is c1ccc(-n2c3ccccc3c3c(N(c4ccc5c(c4)oc4ccccc45)c4cccc5c4-c4ccccc4C54c5ccccc5-c5ccccc54)cccc32)cc1. The second-order valence-corrected chi connectivity index (χ2v) is 15.6. The lowest BCUT2D eigenvalue weighted by atomic mass is 9.70. The molecule has 2 aromatic heterocycles. The third kappa shape index (κ3) is 4.02. The molecule has 11 aromatic rings. The van der Waals surface area contributed by atoms with Gasteiger partial charge < -0.3 is 13.9 Å². The fraction of sp³-hybridized carbons (Fsp3) is 0.0182. The van der Waals surface area contributed by atoms with E-state index in [0.29, 0.717) is 0 Å². The smallest absolute Gasteiger partial charge is 0.137 e. The molecule has 1 spiro atoms. The predicted octanol–water partition coefficient (Wildman–Crippen LogP) is 14.5. The molecule has 0 N–H and O–H groups in total. The first-order chi connectivity index (χ1) is 28.8. The molecule has 2 aliphatic carbocycles. The Morgan fingerprint density at radius 3 is 1.76 bits per heavy atom. The van der Waals surface area contributed by atoms with Gasteiger partial charge in [0.2, 0.25) is 0 Å². The molecule has 0 saturated carbocycles. The van der Waals surface area contributed by atoms with E-state index in [1.807, 2.05) is 6.07 Å². The summed E-state index contributed by atoms with van der Waals surface area (Å²) in [5.41, 5.74) is 18.4. The topological polar surface area (TPSA) is 21.3 Å². The number of furan rings is 1. The van der Waals surface area contributed by atoms with Crippen LogP contribution in [0.25, 0.3) is 71.7 Å². The highest BCUT2D eigenvalue weighted by Gasteiger charge is 2.52. The highest BCUT2D eigenvalue weighted by molar-refractivity contribution is 6.18. The molecule has 0 bridgehead atoms. The van der Waals surface area contributed by atoms with E-state index >= 15 is 0 Å². The van der Waals surface area contributed by atoms with Crippen LogP contribution in [-0.4, -0.2) is 4.57 Å². The molecule has 9 aromatic carbocycles. The molecule has 0 aliphatic heterocycles. The van der Waals surface area contributed by atoms with Gasteiger partial charge in [-0.3, -0.25) is 0 Å². The molecule has 3 nitrogen and oxygen atoms in total. The lowest BCUT2D eigenvalue weighted by Crippen LogP contribution is -2.26. The first-order valence-electron chi connectivity index (χ1n) is 20.0. The zero-order chi connectivity index (χ0) is 38.0. The molecular weight excluding hydrogens is 705 g/mol. The molecule has 13 rings (SSSR count). The highest BCUT2D eigenvalue weighted by atomic mass is 16.3. The summed E-state index contributed by atoms with van der Waals surface area (Å²) in [5.74, 6) is 0. The summed E-state index contributed by atoms with van der Waals surface area (Å²) in [5, 5.41) is 4.63. The van der Waals surface area contributed by atoms with Crippen LogP contribution in [0.1, 0.15) is 22.3 Å². The molecule has 0 amide bonds. The van der Waals surface area contributed by atoms with E-state index < -0.39 is 5.41 Å². The molecule has 58 heavy (non-hydrogen) atoms. The highest BCUT2D eigenvalue weighted by Crippen LogP contribution is 2.65. The summed E-state index contributed by atoms with van der Waals surface area (Å²) < 4.78 is 9.01. The van der Waals surface area contributed by atoms with Crippen LogP contribution in [0, 0.1) is 0 Å². The number of fused-ring (bicyclic) bond motifs is 16. The van der Waals surface area contributed by atoms with Gasteiger partial charge in [0.05, 0.1) is 27.8 Å². The number of benzene rings is 9. The minimum absolute atomic E-state index is 0.459. The van der Waals surface area contributed by atoms with Crippen LogP contribution in [0.3, 0.4) is 0 Å². The van der Waals surface area contributed by atoms with Gasteiger partial charge in [-0.2, -0.15) is 0 Å². The fourth-order valence-corrected chi connectivity index (χ4v) is 10.6. The second-order valence-electron chi connectivity index (χ2n) is 15.6. The zero-order valence-electron chi connectivity index (χ0n) is 31.4. The Labute approximate surface area is 335 Å². The van der Waals surface area contributed by atoms with Gasteiger partial charge in [0.1, 0.15) is 11.2 Å². The van der Waals surface area contributed by atoms with Crippen molar-refractivity contribution in [3.05, 3.63) is 229 Å². The number of hydrogen-bond donors (Lipinski definition) is 0. The Morgan fingerprint density at radius 1 is 0.397 bits per heavy atom. The Balaban J connectivity index is 1.16. The minimum atomic E-state index is -0.459. The van der Waals surface area contributed by atoms with Crippen molar-refractivity contribution in [3.8, 4) is 27.9 Å². The molecular formula is C55H34N2O. The first-order valence-corrected chi connectivity index (χ1v) is 20.0. The van der Waals surface area contributed by atoms with Crippen LogP contribution in [0.2, 0.25) is 0 Å². The predicted molar refractivity (Wildman–Crippen MR) is 239 cm³/mol. The maximum Gasteiger partial charge on any atom is 0.137 e.